The quantitative estimate of drug-likeness (QED) is 0.564. The van der Waals surface area contributed by atoms with Gasteiger partial charge in [0.2, 0.25) is 17.7 Å². The molecule has 0 aromatic carbocycles. The van der Waals surface area contributed by atoms with Gasteiger partial charge < -0.3 is 24.8 Å². The molecule has 0 bridgehead atoms. The molecule has 3 aliphatic heterocycles. The van der Waals surface area contributed by atoms with Gasteiger partial charge in [-0.15, -0.1) is 11.3 Å². The number of piperidine rings is 1. The van der Waals surface area contributed by atoms with Crippen LogP contribution in [-0.2, 0) is 19.1 Å². The lowest BCUT2D eigenvalue weighted by molar-refractivity contribution is -0.151. The molecular weight excluding hydrogens is 494 g/mol. The third kappa shape index (κ3) is 5.12. The van der Waals surface area contributed by atoms with Crippen LogP contribution in [0.25, 0.3) is 0 Å². The van der Waals surface area contributed by atoms with Crippen LogP contribution in [0, 0.1) is 28.6 Å². The number of aromatic nitrogens is 1. The summed E-state index contributed by atoms with van der Waals surface area (Å²) < 4.78 is 5.26. The fourth-order valence-corrected chi connectivity index (χ4v) is 6.91. The molecule has 202 valence electrons. The highest BCUT2D eigenvalue weighted by Crippen LogP contribution is 2.54. The largest absolute Gasteiger partial charge is 0.384 e. The summed E-state index contributed by atoms with van der Waals surface area (Å²) in [5.74, 6) is -0.435. The topological polar surface area (TPSA) is 112 Å². The molecule has 4 amide bonds. The van der Waals surface area contributed by atoms with Crippen molar-refractivity contribution in [1.29, 1.82) is 0 Å². The van der Waals surface area contributed by atoms with Gasteiger partial charge in [-0.05, 0) is 30.6 Å². The molecule has 3 atom stereocenters. The van der Waals surface area contributed by atoms with E-state index >= 15 is 0 Å². The number of amides is 4. The standard InChI is InChI=1S/C26H37N5O5S/c1-25(2)7-18(25)23(34)31-14-26(15-31)13-30(24(35)20-8-27-16-37-20)11-19(26)22(33)28-9-21(32)29-6-4-5-17(10-29)12-36-3/h8,16-19H,4-7,9-15H2,1-3H3,(H,28,33)/t17-,18+,19-/m0/s1. The molecule has 4 fully saturated rings. The molecule has 1 aromatic rings. The Bertz CT molecular complexity index is 1050. The van der Waals surface area contributed by atoms with Crippen molar-refractivity contribution in [3.05, 3.63) is 16.6 Å². The summed E-state index contributed by atoms with van der Waals surface area (Å²) in [5.41, 5.74) is 1.17. The Morgan fingerprint density at radius 3 is 2.49 bits per heavy atom. The molecule has 10 nitrogen and oxygen atoms in total. The highest BCUT2D eigenvalue weighted by atomic mass is 32.1. The maximum atomic E-state index is 13.4. The zero-order valence-electron chi connectivity index (χ0n) is 21.9. The third-order valence-corrected chi connectivity index (χ3v) is 9.48. The Balaban J connectivity index is 1.23. The van der Waals surface area contributed by atoms with E-state index in [-0.39, 0.29) is 48.1 Å². The first kappa shape index (κ1) is 26.1. The monoisotopic (exact) mass is 531 g/mol. The number of ether oxygens (including phenoxy) is 1. The van der Waals surface area contributed by atoms with Gasteiger partial charge in [0.05, 0.1) is 30.8 Å². The Morgan fingerprint density at radius 2 is 1.84 bits per heavy atom. The van der Waals surface area contributed by atoms with Gasteiger partial charge in [-0.25, -0.2) is 0 Å². The molecular formula is C26H37N5O5S. The van der Waals surface area contributed by atoms with Crippen molar-refractivity contribution in [3.8, 4) is 0 Å². The Labute approximate surface area is 221 Å². The van der Waals surface area contributed by atoms with Crippen LogP contribution in [0.2, 0.25) is 0 Å². The maximum Gasteiger partial charge on any atom is 0.265 e. The van der Waals surface area contributed by atoms with Crippen LogP contribution >= 0.6 is 11.3 Å². The van der Waals surface area contributed by atoms with Crippen molar-refractivity contribution in [2.45, 2.75) is 33.1 Å². The summed E-state index contributed by atoms with van der Waals surface area (Å²) in [6.07, 6.45) is 4.40. The Hall–Kier alpha value is -2.53. The number of carbonyl (C=O) groups excluding carboxylic acids is 4. The van der Waals surface area contributed by atoms with Crippen molar-refractivity contribution in [3.63, 3.8) is 0 Å². The second-order valence-electron chi connectivity index (χ2n) is 11.9. The van der Waals surface area contributed by atoms with Crippen molar-refractivity contribution in [2.24, 2.45) is 28.6 Å². The van der Waals surface area contributed by atoms with E-state index in [0.717, 1.165) is 19.3 Å². The van der Waals surface area contributed by atoms with E-state index in [1.165, 1.54) is 11.3 Å². The predicted molar refractivity (Wildman–Crippen MR) is 137 cm³/mol. The second-order valence-corrected chi connectivity index (χ2v) is 12.8. The summed E-state index contributed by atoms with van der Waals surface area (Å²) >= 11 is 1.28. The molecule has 1 spiro atoms. The molecule has 11 heteroatoms. The zero-order valence-corrected chi connectivity index (χ0v) is 22.7. The summed E-state index contributed by atoms with van der Waals surface area (Å²) in [6.45, 7) is 7.70. The molecule has 0 radical (unpaired) electrons. The second kappa shape index (κ2) is 9.98. The van der Waals surface area contributed by atoms with E-state index in [0.29, 0.717) is 50.1 Å². The van der Waals surface area contributed by atoms with Crippen molar-refractivity contribution >= 4 is 35.0 Å². The van der Waals surface area contributed by atoms with Crippen molar-refractivity contribution in [1.82, 2.24) is 25.0 Å². The average Bonchev–Trinajstić information content (AvgIpc) is 3.25. The van der Waals surface area contributed by atoms with E-state index in [4.69, 9.17) is 4.74 Å². The predicted octanol–water partition coefficient (Wildman–Crippen LogP) is 1.09. The summed E-state index contributed by atoms with van der Waals surface area (Å²) in [6, 6.07) is 0. The van der Waals surface area contributed by atoms with Crippen LogP contribution in [0.15, 0.2) is 11.7 Å². The summed E-state index contributed by atoms with van der Waals surface area (Å²) in [5, 5.41) is 2.87. The zero-order chi connectivity index (χ0) is 26.4. The van der Waals surface area contributed by atoms with E-state index in [2.05, 4.69) is 24.1 Å². The highest BCUT2D eigenvalue weighted by Gasteiger charge is 2.61. The maximum absolute atomic E-state index is 13.4. The number of nitrogens with zero attached hydrogens (tertiary/aromatic N) is 4. The van der Waals surface area contributed by atoms with Gasteiger partial charge in [-0.1, -0.05) is 13.8 Å². The van der Waals surface area contributed by atoms with Gasteiger partial charge in [-0.3, -0.25) is 24.2 Å². The number of thiazole rings is 1. The first-order chi connectivity index (χ1) is 17.6. The minimum atomic E-state index is -0.489. The van der Waals surface area contributed by atoms with Crippen LogP contribution in [0.5, 0.6) is 0 Å². The summed E-state index contributed by atoms with van der Waals surface area (Å²) in [4.78, 5) is 62.3. The molecule has 5 rings (SSSR count). The molecule has 1 saturated carbocycles. The lowest BCUT2D eigenvalue weighted by Crippen LogP contribution is -2.64. The van der Waals surface area contributed by atoms with Crippen molar-refractivity contribution in [2.75, 3.05) is 59.5 Å². The number of hydrogen-bond donors (Lipinski definition) is 1. The van der Waals surface area contributed by atoms with E-state index in [9.17, 15) is 19.2 Å². The van der Waals surface area contributed by atoms with Gasteiger partial charge in [0, 0.05) is 57.7 Å². The number of carbonyl (C=O) groups is 4. The molecule has 0 unspecified atom stereocenters. The molecule has 37 heavy (non-hydrogen) atoms. The molecule has 1 N–H and O–H groups in total. The molecule has 4 aliphatic rings. The fourth-order valence-electron chi connectivity index (χ4n) is 6.32. The number of likely N-dealkylation sites (tertiary alicyclic amines) is 3. The van der Waals surface area contributed by atoms with Crippen LogP contribution in [0.3, 0.4) is 0 Å². The fraction of sp³-hybridized carbons (Fsp3) is 0.731. The van der Waals surface area contributed by atoms with Crippen LogP contribution in [0.1, 0.15) is 42.8 Å². The number of hydrogen-bond acceptors (Lipinski definition) is 7. The first-order valence-electron chi connectivity index (χ1n) is 13.1. The molecule has 3 saturated heterocycles. The number of rotatable bonds is 7. The lowest BCUT2D eigenvalue weighted by atomic mass is 9.71. The molecule has 1 aliphatic carbocycles. The average molecular weight is 532 g/mol. The van der Waals surface area contributed by atoms with Crippen LogP contribution in [0.4, 0.5) is 0 Å². The van der Waals surface area contributed by atoms with Gasteiger partial charge in [0.1, 0.15) is 4.88 Å². The van der Waals surface area contributed by atoms with Crippen molar-refractivity contribution < 1.29 is 23.9 Å². The Kier molecular flexibility index (Phi) is 7.04. The highest BCUT2D eigenvalue weighted by molar-refractivity contribution is 7.11. The van der Waals surface area contributed by atoms with Gasteiger partial charge >= 0.3 is 0 Å². The first-order valence-corrected chi connectivity index (χ1v) is 14.0. The van der Waals surface area contributed by atoms with Crippen LogP contribution < -0.4 is 5.32 Å². The van der Waals surface area contributed by atoms with E-state index < -0.39 is 11.3 Å². The summed E-state index contributed by atoms with van der Waals surface area (Å²) in [7, 11) is 1.67. The van der Waals surface area contributed by atoms with Gasteiger partial charge in [0.15, 0.2) is 0 Å². The van der Waals surface area contributed by atoms with Gasteiger partial charge in [0.25, 0.3) is 5.91 Å². The number of methoxy groups -OCH3 is 1. The minimum absolute atomic E-state index is 0.0392. The molecule has 1 aromatic heterocycles. The Morgan fingerprint density at radius 1 is 1.11 bits per heavy atom. The van der Waals surface area contributed by atoms with E-state index in [1.54, 1.807) is 28.6 Å². The molecule has 4 heterocycles. The van der Waals surface area contributed by atoms with Crippen LogP contribution in [-0.4, -0.2) is 103 Å². The number of nitrogens with one attached hydrogen (secondary N) is 1. The van der Waals surface area contributed by atoms with E-state index in [1.807, 2.05) is 4.90 Å². The lowest BCUT2D eigenvalue weighted by Gasteiger charge is -2.50. The third-order valence-electron chi connectivity index (χ3n) is 8.72. The normalized spacial score (nSPS) is 27.6. The smallest absolute Gasteiger partial charge is 0.265 e. The van der Waals surface area contributed by atoms with Gasteiger partial charge in [-0.2, -0.15) is 0 Å². The minimum Gasteiger partial charge on any atom is -0.384 e. The SMILES string of the molecule is COC[C@H]1CCCN(C(=O)CNC(=O)[C@@H]2CN(C(=O)c3cncs3)CC23CN(C(=O)[C@H]2CC2(C)C)C3)C1.